The predicted molar refractivity (Wildman–Crippen MR) is 76.0 cm³/mol. The Kier molecular flexibility index (Phi) is 4.24. The highest BCUT2D eigenvalue weighted by Gasteiger charge is 2.10. The van der Waals surface area contributed by atoms with E-state index >= 15 is 0 Å². The lowest BCUT2D eigenvalue weighted by Gasteiger charge is -2.11. The number of benzene rings is 1. The lowest BCUT2D eigenvalue weighted by atomic mass is 10.2. The molecule has 19 heavy (non-hydrogen) atoms. The van der Waals surface area contributed by atoms with Gasteiger partial charge in [0.15, 0.2) is 0 Å². The lowest BCUT2D eigenvalue weighted by molar-refractivity contribution is 0.293. The summed E-state index contributed by atoms with van der Waals surface area (Å²) in [7, 11) is 0. The maximum absolute atomic E-state index is 7.45. The Morgan fingerprint density at radius 1 is 1.21 bits per heavy atom. The van der Waals surface area contributed by atoms with E-state index in [-0.39, 0.29) is 18.3 Å². The summed E-state index contributed by atoms with van der Waals surface area (Å²) in [5.41, 5.74) is 6.56. The topological polar surface area (TPSA) is 72.0 Å². The number of rotatable bonds is 4. The zero-order valence-electron chi connectivity index (χ0n) is 9.86. The molecule has 1 heterocycles. The average molecular weight is 296 g/mol. The molecule has 0 aliphatic rings. The predicted octanol–water partition coefficient (Wildman–Crippen LogP) is 3.25. The summed E-state index contributed by atoms with van der Waals surface area (Å²) in [6.45, 7) is 0.162. The maximum Gasteiger partial charge on any atom is 0.224 e. The highest BCUT2D eigenvalue weighted by Crippen LogP contribution is 2.26. The molecule has 0 spiro atoms. The van der Waals surface area contributed by atoms with Crippen LogP contribution in [0, 0.1) is 5.41 Å². The van der Waals surface area contributed by atoms with Crippen molar-refractivity contribution < 1.29 is 4.74 Å². The van der Waals surface area contributed by atoms with Crippen molar-refractivity contribution in [1.82, 2.24) is 4.98 Å². The van der Waals surface area contributed by atoms with Crippen LogP contribution < -0.4 is 10.5 Å². The van der Waals surface area contributed by atoms with Crippen LogP contribution in [-0.2, 0) is 6.61 Å². The molecule has 4 nitrogen and oxygen atoms in total. The van der Waals surface area contributed by atoms with Gasteiger partial charge in [-0.1, -0.05) is 29.3 Å². The number of nitrogens with zero attached hydrogens (tertiary/aromatic N) is 1. The molecular formula is C13H11Cl2N3O. The molecule has 0 radical (unpaired) electrons. The van der Waals surface area contributed by atoms with E-state index in [2.05, 4.69) is 4.98 Å². The van der Waals surface area contributed by atoms with Crippen molar-refractivity contribution in [3.8, 4) is 5.88 Å². The van der Waals surface area contributed by atoms with Crippen molar-refractivity contribution >= 4 is 29.0 Å². The van der Waals surface area contributed by atoms with Gasteiger partial charge in [-0.25, -0.2) is 4.98 Å². The summed E-state index contributed by atoms with van der Waals surface area (Å²) in [6, 6.07) is 8.58. The van der Waals surface area contributed by atoms with Gasteiger partial charge in [-0.3, -0.25) is 5.41 Å². The minimum Gasteiger partial charge on any atom is -0.472 e. The number of hydrogen-bond acceptors (Lipinski definition) is 3. The molecule has 2 aromatic rings. The third kappa shape index (κ3) is 3.16. The van der Waals surface area contributed by atoms with Crippen LogP contribution in [-0.4, -0.2) is 10.8 Å². The van der Waals surface area contributed by atoms with E-state index < -0.39 is 0 Å². The van der Waals surface area contributed by atoms with E-state index in [1.54, 1.807) is 36.5 Å². The van der Waals surface area contributed by atoms with Crippen LogP contribution in [0.2, 0.25) is 10.0 Å². The van der Waals surface area contributed by atoms with E-state index in [0.717, 1.165) is 0 Å². The zero-order chi connectivity index (χ0) is 13.8. The molecule has 0 saturated carbocycles. The molecule has 1 aromatic carbocycles. The van der Waals surface area contributed by atoms with Crippen molar-refractivity contribution in [2.45, 2.75) is 6.61 Å². The van der Waals surface area contributed by atoms with Crippen LogP contribution in [0.1, 0.15) is 11.1 Å². The summed E-state index contributed by atoms with van der Waals surface area (Å²) in [6.07, 6.45) is 1.57. The van der Waals surface area contributed by atoms with Gasteiger partial charge in [0.1, 0.15) is 12.4 Å². The second-order valence-electron chi connectivity index (χ2n) is 3.76. The first kappa shape index (κ1) is 13.6. The van der Waals surface area contributed by atoms with Crippen molar-refractivity contribution in [1.29, 1.82) is 5.41 Å². The van der Waals surface area contributed by atoms with Crippen molar-refractivity contribution in [2.24, 2.45) is 5.73 Å². The molecule has 0 saturated heterocycles. The number of halogens is 2. The van der Waals surface area contributed by atoms with E-state index in [0.29, 0.717) is 21.2 Å². The van der Waals surface area contributed by atoms with Gasteiger partial charge in [0.05, 0.1) is 5.56 Å². The average Bonchev–Trinajstić information content (AvgIpc) is 2.38. The van der Waals surface area contributed by atoms with Gasteiger partial charge in [-0.2, -0.15) is 0 Å². The van der Waals surface area contributed by atoms with Gasteiger partial charge < -0.3 is 10.5 Å². The Bertz CT molecular complexity index is 596. The maximum atomic E-state index is 7.45. The number of pyridine rings is 1. The number of nitrogen functional groups attached to an aromatic ring is 1. The summed E-state index contributed by atoms with van der Waals surface area (Å²) in [5, 5.41) is 8.49. The SMILES string of the molecule is N=C(N)c1cccnc1OCc1c(Cl)cccc1Cl. The number of aromatic nitrogens is 1. The van der Waals surface area contributed by atoms with Gasteiger partial charge in [0.25, 0.3) is 0 Å². The number of hydrogen-bond donors (Lipinski definition) is 2. The molecular weight excluding hydrogens is 285 g/mol. The highest BCUT2D eigenvalue weighted by atomic mass is 35.5. The van der Waals surface area contributed by atoms with Gasteiger partial charge >= 0.3 is 0 Å². The van der Waals surface area contributed by atoms with Crippen molar-refractivity contribution in [3.63, 3.8) is 0 Å². The fourth-order valence-electron chi connectivity index (χ4n) is 1.52. The molecule has 0 unspecified atom stereocenters. The molecule has 98 valence electrons. The molecule has 1 aromatic heterocycles. The Labute approximate surface area is 120 Å². The standard InChI is InChI=1S/C13H11Cl2N3O/c14-10-4-1-5-11(15)9(10)7-19-13-8(12(16)17)3-2-6-18-13/h1-6H,7H2,(H3,16,17). The van der Waals surface area contributed by atoms with E-state index in [1.807, 2.05) is 0 Å². The van der Waals surface area contributed by atoms with Crippen LogP contribution in [0.25, 0.3) is 0 Å². The molecule has 3 N–H and O–H groups in total. The molecule has 0 aliphatic carbocycles. The Morgan fingerprint density at radius 3 is 2.53 bits per heavy atom. The quantitative estimate of drug-likeness (QED) is 0.672. The number of amidine groups is 1. The van der Waals surface area contributed by atoms with Crippen LogP contribution >= 0.6 is 23.2 Å². The Morgan fingerprint density at radius 2 is 1.89 bits per heavy atom. The molecule has 0 atom stereocenters. The first-order valence-corrected chi connectivity index (χ1v) is 6.20. The second kappa shape index (κ2) is 5.91. The molecule has 0 aliphatic heterocycles. The summed E-state index contributed by atoms with van der Waals surface area (Å²) >= 11 is 12.1. The fraction of sp³-hybridized carbons (Fsp3) is 0.0769. The molecule has 0 amide bonds. The second-order valence-corrected chi connectivity index (χ2v) is 4.57. The van der Waals surface area contributed by atoms with Gasteiger partial charge in [-0.05, 0) is 24.3 Å². The summed E-state index contributed by atoms with van der Waals surface area (Å²) < 4.78 is 5.55. The molecule has 0 fully saturated rings. The van der Waals surface area contributed by atoms with Crippen molar-refractivity contribution in [2.75, 3.05) is 0 Å². The fourth-order valence-corrected chi connectivity index (χ4v) is 2.03. The largest absolute Gasteiger partial charge is 0.472 e. The molecule has 0 bridgehead atoms. The van der Waals surface area contributed by atoms with Crippen LogP contribution in [0.5, 0.6) is 5.88 Å². The number of ether oxygens (including phenoxy) is 1. The monoisotopic (exact) mass is 295 g/mol. The van der Waals surface area contributed by atoms with Crippen LogP contribution in [0.4, 0.5) is 0 Å². The summed E-state index contributed by atoms with van der Waals surface area (Å²) in [5.74, 6) is 0.180. The minimum absolute atomic E-state index is 0.103. The Hall–Kier alpha value is -1.78. The number of nitrogens with two attached hydrogens (primary N) is 1. The van der Waals surface area contributed by atoms with Crippen molar-refractivity contribution in [3.05, 3.63) is 57.7 Å². The van der Waals surface area contributed by atoms with Crippen LogP contribution in [0.15, 0.2) is 36.5 Å². The third-order valence-electron chi connectivity index (χ3n) is 2.48. The molecule has 2 rings (SSSR count). The number of nitrogens with one attached hydrogen (secondary N) is 1. The smallest absolute Gasteiger partial charge is 0.224 e. The zero-order valence-corrected chi connectivity index (χ0v) is 11.4. The minimum atomic E-state index is -0.103. The lowest BCUT2D eigenvalue weighted by Crippen LogP contribution is -2.14. The Balaban J connectivity index is 2.22. The van der Waals surface area contributed by atoms with Gasteiger partial charge in [0.2, 0.25) is 5.88 Å². The van der Waals surface area contributed by atoms with Gasteiger partial charge in [-0.15, -0.1) is 0 Å². The first-order valence-electron chi connectivity index (χ1n) is 5.44. The highest BCUT2D eigenvalue weighted by molar-refractivity contribution is 6.35. The van der Waals surface area contributed by atoms with E-state index in [9.17, 15) is 0 Å². The first-order chi connectivity index (χ1) is 9.09. The van der Waals surface area contributed by atoms with E-state index in [1.165, 1.54) is 0 Å². The van der Waals surface area contributed by atoms with E-state index in [4.69, 9.17) is 39.1 Å². The summed E-state index contributed by atoms with van der Waals surface area (Å²) in [4.78, 5) is 4.05. The normalized spacial score (nSPS) is 10.2. The van der Waals surface area contributed by atoms with Crippen LogP contribution in [0.3, 0.4) is 0 Å². The molecule has 6 heteroatoms. The third-order valence-corrected chi connectivity index (χ3v) is 3.18. The van der Waals surface area contributed by atoms with Gasteiger partial charge in [0, 0.05) is 21.8 Å².